The molecule has 2 aliphatic heterocycles. The molecule has 2 fully saturated rings. The van der Waals surface area contributed by atoms with Gasteiger partial charge in [-0.15, -0.1) is 11.3 Å². The molecule has 0 aliphatic carbocycles. The van der Waals surface area contributed by atoms with Crippen LogP contribution >= 0.6 is 27.3 Å². The third-order valence-electron chi connectivity index (χ3n) is 5.58. The highest BCUT2D eigenvalue weighted by Crippen LogP contribution is 2.32. The summed E-state index contributed by atoms with van der Waals surface area (Å²) in [7, 11) is -3.48. The molecule has 0 bridgehead atoms. The van der Waals surface area contributed by atoms with E-state index in [1.165, 1.54) is 28.5 Å². The quantitative estimate of drug-likeness (QED) is 0.673. The van der Waals surface area contributed by atoms with Gasteiger partial charge >= 0.3 is 0 Å². The number of nitrogens with zero attached hydrogens (tertiary/aromatic N) is 2. The van der Waals surface area contributed by atoms with Crippen LogP contribution in [0.25, 0.3) is 0 Å². The molecule has 9 heteroatoms. The first kappa shape index (κ1) is 20.8. The van der Waals surface area contributed by atoms with Gasteiger partial charge in [-0.2, -0.15) is 4.31 Å². The van der Waals surface area contributed by atoms with Gasteiger partial charge in [0.1, 0.15) is 4.21 Å². The average molecular weight is 498 g/mol. The normalized spacial score (nSPS) is 18.9. The van der Waals surface area contributed by atoms with Crippen molar-refractivity contribution in [1.82, 2.24) is 4.31 Å². The van der Waals surface area contributed by atoms with Gasteiger partial charge in [0.05, 0.1) is 15.2 Å². The Balaban J connectivity index is 1.39. The van der Waals surface area contributed by atoms with Crippen molar-refractivity contribution < 1.29 is 13.2 Å². The van der Waals surface area contributed by atoms with Crippen LogP contribution in [-0.4, -0.2) is 44.8 Å². The van der Waals surface area contributed by atoms with E-state index >= 15 is 0 Å². The van der Waals surface area contributed by atoms with Crippen molar-refractivity contribution in [1.29, 1.82) is 0 Å². The molecule has 1 amide bonds. The van der Waals surface area contributed by atoms with Crippen molar-refractivity contribution in [2.24, 2.45) is 5.92 Å². The summed E-state index contributed by atoms with van der Waals surface area (Å²) in [6, 6.07) is 11.3. The third kappa shape index (κ3) is 4.52. The fraction of sp³-hybridized carbons (Fsp3) is 0.450. The summed E-state index contributed by atoms with van der Waals surface area (Å²) in [5.41, 5.74) is 1.92. The van der Waals surface area contributed by atoms with E-state index in [2.05, 4.69) is 32.2 Å². The van der Waals surface area contributed by atoms with Crippen molar-refractivity contribution in [2.75, 3.05) is 36.4 Å². The van der Waals surface area contributed by atoms with E-state index in [1.54, 1.807) is 12.1 Å². The first-order chi connectivity index (χ1) is 13.9. The molecule has 0 radical (unpaired) electrons. The van der Waals surface area contributed by atoms with Crippen molar-refractivity contribution in [3.05, 3.63) is 40.2 Å². The number of piperidine rings is 1. The first-order valence-corrected chi connectivity index (χ1v) is 12.9. The molecule has 2 saturated heterocycles. The molecule has 0 saturated carbocycles. The Morgan fingerprint density at radius 3 is 2.38 bits per heavy atom. The van der Waals surface area contributed by atoms with Crippen LogP contribution in [0.3, 0.4) is 0 Å². The third-order valence-corrected chi connectivity index (χ3v) is 9.57. The van der Waals surface area contributed by atoms with Gasteiger partial charge in [0.2, 0.25) is 5.91 Å². The van der Waals surface area contributed by atoms with Crippen molar-refractivity contribution in [3.8, 4) is 0 Å². The standard InChI is InChI=1S/C20H24BrN3O3S2/c21-18-7-8-19(28-18)29(26,27)24-13-9-15(10-14-24)20(25)22-16-5-1-2-6-17(16)23-11-3-4-12-23/h1-2,5-8,15H,3-4,9-14H2,(H,22,25). The molecule has 1 aromatic carbocycles. The summed E-state index contributed by atoms with van der Waals surface area (Å²) in [5, 5.41) is 3.09. The molecular formula is C20H24BrN3O3S2. The van der Waals surface area contributed by atoms with E-state index in [4.69, 9.17) is 0 Å². The molecule has 156 valence electrons. The summed E-state index contributed by atoms with van der Waals surface area (Å²) in [6.45, 7) is 2.76. The summed E-state index contributed by atoms with van der Waals surface area (Å²) in [4.78, 5) is 15.2. The topological polar surface area (TPSA) is 69.7 Å². The number of sulfonamides is 1. The van der Waals surface area contributed by atoms with E-state index in [1.807, 2.05) is 18.2 Å². The lowest BCUT2D eigenvalue weighted by Crippen LogP contribution is -2.41. The van der Waals surface area contributed by atoms with Crippen LogP contribution in [0.2, 0.25) is 0 Å². The van der Waals surface area contributed by atoms with Gasteiger partial charge in [-0.3, -0.25) is 4.79 Å². The highest BCUT2D eigenvalue weighted by Gasteiger charge is 2.33. The highest BCUT2D eigenvalue weighted by molar-refractivity contribution is 9.11. The molecule has 3 heterocycles. The predicted molar refractivity (Wildman–Crippen MR) is 120 cm³/mol. The molecule has 4 rings (SSSR count). The number of para-hydroxylation sites is 2. The molecular weight excluding hydrogens is 474 g/mol. The van der Waals surface area contributed by atoms with Gasteiger partial charge < -0.3 is 10.2 Å². The maximum Gasteiger partial charge on any atom is 0.252 e. The number of rotatable bonds is 5. The molecule has 1 aromatic heterocycles. The van der Waals surface area contributed by atoms with E-state index in [9.17, 15) is 13.2 Å². The minimum absolute atomic E-state index is 0.0208. The average Bonchev–Trinajstić information content (AvgIpc) is 3.41. The van der Waals surface area contributed by atoms with Crippen molar-refractivity contribution >= 4 is 54.6 Å². The molecule has 6 nitrogen and oxygen atoms in total. The smallest absolute Gasteiger partial charge is 0.252 e. The first-order valence-electron chi connectivity index (χ1n) is 9.85. The fourth-order valence-electron chi connectivity index (χ4n) is 3.97. The Labute approximate surface area is 184 Å². The van der Waals surface area contributed by atoms with Crippen molar-refractivity contribution in [3.63, 3.8) is 0 Å². The van der Waals surface area contributed by atoms with E-state index in [0.29, 0.717) is 30.1 Å². The molecule has 0 atom stereocenters. The van der Waals surface area contributed by atoms with Crippen molar-refractivity contribution in [2.45, 2.75) is 29.9 Å². The van der Waals surface area contributed by atoms with E-state index in [-0.39, 0.29) is 11.8 Å². The molecule has 1 N–H and O–H groups in total. The maximum atomic E-state index is 12.9. The van der Waals surface area contributed by atoms with Crippen LogP contribution in [0.1, 0.15) is 25.7 Å². The van der Waals surface area contributed by atoms with Gasteiger partial charge in [0.15, 0.2) is 0 Å². The second-order valence-corrected chi connectivity index (χ2v) is 12.1. The number of thiophene rings is 1. The minimum Gasteiger partial charge on any atom is -0.370 e. The van der Waals surface area contributed by atoms with Crippen LogP contribution in [0.4, 0.5) is 11.4 Å². The summed E-state index contributed by atoms with van der Waals surface area (Å²) in [5.74, 6) is -0.198. The van der Waals surface area contributed by atoms with Gasteiger partial charge in [-0.05, 0) is 65.9 Å². The Hall–Kier alpha value is -1.42. The minimum atomic E-state index is -3.48. The SMILES string of the molecule is O=C(Nc1ccccc1N1CCCC1)C1CCN(S(=O)(=O)c2ccc(Br)s2)CC1. The van der Waals surface area contributed by atoms with E-state index < -0.39 is 10.0 Å². The zero-order valence-electron chi connectivity index (χ0n) is 16.0. The van der Waals surface area contributed by atoms with Gasteiger partial charge in [0, 0.05) is 32.1 Å². The number of benzene rings is 1. The molecule has 29 heavy (non-hydrogen) atoms. The largest absolute Gasteiger partial charge is 0.370 e. The predicted octanol–water partition coefficient (Wildman–Crippen LogP) is 4.15. The number of nitrogens with one attached hydrogen (secondary N) is 1. The van der Waals surface area contributed by atoms with Crippen LogP contribution in [0.15, 0.2) is 44.4 Å². The van der Waals surface area contributed by atoms with Gasteiger partial charge in [-0.25, -0.2) is 8.42 Å². The lowest BCUT2D eigenvalue weighted by atomic mass is 9.97. The number of carbonyl (C=O) groups excluding carboxylic acids is 1. The molecule has 0 unspecified atom stereocenters. The fourth-order valence-corrected chi connectivity index (χ4v) is 7.60. The molecule has 0 spiro atoms. The Kier molecular flexibility index (Phi) is 6.29. The zero-order chi connectivity index (χ0) is 20.4. The zero-order valence-corrected chi connectivity index (χ0v) is 19.2. The van der Waals surface area contributed by atoms with Crippen LogP contribution in [0, 0.1) is 5.92 Å². The Morgan fingerprint density at radius 1 is 1.03 bits per heavy atom. The lowest BCUT2D eigenvalue weighted by molar-refractivity contribution is -0.120. The summed E-state index contributed by atoms with van der Waals surface area (Å²) in [6.07, 6.45) is 3.42. The van der Waals surface area contributed by atoms with Crippen LogP contribution < -0.4 is 10.2 Å². The Bertz CT molecular complexity index is 978. The second-order valence-electron chi connectivity index (χ2n) is 7.44. The van der Waals surface area contributed by atoms with E-state index in [0.717, 1.165) is 28.3 Å². The summed E-state index contributed by atoms with van der Waals surface area (Å²) >= 11 is 4.53. The number of anilines is 2. The number of amides is 1. The van der Waals surface area contributed by atoms with Crippen LogP contribution in [0.5, 0.6) is 0 Å². The number of carbonyl (C=O) groups is 1. The van der Waals surface area contributed by atoms with Gasteiger partial charge in [-0.1, -0.05) is 12.1 Å². The molecule has 2 aliphatic rings. The second kappa shape index (κ2) is 8.75. The number of hydrogen-bond donors (Lipinski definition) is 1. The Morgan fingerprint density at radius 2 is 1.72 bits per heavy atom. The highest BCUT2D eigenvalue weighted by atomic mass is 79.9. The van der Waals surface area contributed by atoms with Gasteiger partial charge in [0.25, 0.3) is 10.0 Å². The maximum absolute atomic E-state index is 12.9. The lowest BCUT2D eigenvalue weighted by Gasteiger charge is -2.30. The van der Waals surface area contributed by atoms with Crippen LogP contribution in [-0.2, 0) is 14.8 Å². The summed E-state index contributed by atoms with van der Waals surface area (Å²) < 4.78 is 28.2. The molecule has 2 aromatic rings. The number of halogens is 1. The monoisotopic (exact) mass is 497 g/mol. The number of hydrogen-bond acceptors (Lipinski definition) is 5.